The Morgan fingerprint density at radius 2 is 1.81 bits per heavy atom. The molecule has 0 aliphatic rings. The summed E-state index contributed by atoms with van der Waals surface area (Å²) in [6, 6.07) is 14.9. The van der Waals surface area contributed by atoms with Crippen LogP contribution in [0.15, 0.2) is 42.5 Å². The van der Waals surface area contributed by atoms with Crippen molar-refractivity contribution < 1.29 is 0 Å². The van der Waals surface area contributed by atoms with E-state index < -0.39 is 0 Å². The molecule has 0 N–H and O–H groups in total. The maximum absolute atomic E-state index is 5.83. The molecule has 0 amide bonds. The van der Waals surface area contributed by atoms with Crippen LogP contribution in [0.4, 0.5) is 5.69 Å². The average Bonchev–Trinajstić information content (AvgIpc) is 2.35. The van der Waals surface area contributed by atoms with E-state index in [2.05, 4.69) is 54.3 Å². The molecule has 0 saturated carbocycles. The molecule has 0 heterocycles. The van der Waals surface area contributed by atoms with E-state index in [1.165, 1.54) is 16.5 Å². The van der Waals surface area contributed by atoms with Crippen molar-refractivity contribution in [3.63, 3.8) is 0 Å². The van der Waals surface area contributed by atoms with Gasteiger partial charge in [-0.05, 0) is 18.4 Å². The third kappa shape index (κ3) is 2.14. The third-order valence-electron chi connectivity index (χ3n) is 2.84. The minimum absolute atomic E-state index is 0.664. The molecule has 0 aromatic heterocycles. The minimum Gasteiger partial charge on any atom is -0.370 e. The van der Waals surface area contributed by atoms with Gasteiger partial charge in [-0.1, -0.05) is 36.4 Å². The molecule has 0 atom stereocenters. The molecule has 0 fully saturated rings. The highest BCUT2D eigenvalue weighted by Crippen LogP contribution is 2.26. The molecule has 0 aliphatic carbocycles. The van der Waals surface area contributed by atoms with E-state index in [9.17, 15) is 0 Å². The van der Waals surface area contributed by atoms with Crippen LogP contribution in [-0.2, 0) is 0 Å². The lowest BCUT2D eigenvalue weighted by atomic mass is 10.1. The first-order chi connectivity index (χ1) is 7.86. The molecule has 2 heteroatoms. The van der Waals surface area contributed by atoms with Gasteiger partial charge in [0, 0.05) is 30.0 Å². The monoisotopic (exact) mass is 233 g/mol. The Hall–Kier alpha value is -1.21. The van der Waals surface area contributed by atoms with Crippen LogP contribution in [0.2, 0.25) is 0 Å². The van der Waals surface area contributed by atoms with E-state index in [0.717, 1.165) is 13.1 Å². The van der Waals surface area contributed by atoms with E-state index in [-0.39, 0.29) is 0 Å². The Kier molecular flexibility index (Phi) is 3.68. The summed E-state index contributed by atoms with van der Waals surface area (Å²) in [5.74, 6) is 0.664. The Balaban J connectivity index is 2.50. The second-order valence-electron chi connectivity index (χ2n) is 3.77. The van der Waals surface area contributed by atoms with Gasteiger partial charge in [-0.2, -0.15) is 0 Å². The first kappa shape index (κ1) is 11.3. The number of anilines is 1. The van der Waals surface area contributed by atoms with Crippen LogP contribution in [0.3, 0.4) is 0 Å². The summed E-state index contributed by atoms with van der Waals surface area (Å²) in [7, 11) is 0. The van der Waals surface area contributed by atoms with Crippen molar-refractivity contribution >= 4 is 28.1 Å². The molecule has 2 rings (SSSR count). The number of alkyl halides is 1. The van der Waals surface area contributed by atoms with Crippen molar-refractivity contribution in [3.8, 4) is 0 Å². The van der Waals surface area contributed by atoms with E-state index in [4.69, 9.17) is 11.6 Å². The molecule has 0 bridgehead atoms. The zero-order chi connectivity index (χ0) is 11.4. The average molecular weight is 234 g/mol. The topological polar surface area (TPSA) is 3.24 Å². The SMILES string of the molecule is CCN(CCCl)c1cccc2ccccc12. The van der Waals surface area contributed by atoms with E-state index >= 15 is 0 Å². The van der Waals surface area contributed by atoms with Crippen molar-refractivity contribution in [2.75, 3.05) is 23.9 Å². The van der Waals surface area contributed by atoms with Gasteiger partial charge < -0.3 is 4.90 Å². The first-order valence-electron chi connectivity index (χ1n) is 5.65. The smallest absolute Gasteiger partial charge is 0.0446 e. The quantitative estimate of drug-likeness (QED) is 0.724. The van der Waals surface area contributed by atoms with Crippen molar-refractivity contribution in [2.24, 2.45) is 0 Å². The Morgan fingerprint density at radius 1 is 1.06 bits per heavy atom. The van der Waals surface area contributed by atoms with Gasteiger partial charge in [-0.25, -0.2) is 0 Å². The van der Waals surface area contributed by atoms with Gasteiger partial charge in [-0.3, -0.25) is 0 Å². The number of halogens is 1. The summed E-state index contributed by atoms with van der Waals surface area (Å²) in [6.07, 6.45) is 0. The van der Waals surface area contributed by atoms with Crippen LogP contribution in [0.5, 0.6) is 0 Å². The van der Waals surface area contributed by atoms with Gasteiger partial charge in [0.25, 0.3) is 0 Å². The number of nitrogens with zero attached hydrogens (tertiary/aromatic N) is 1. The second-order valence-corrected chi connectivity index (χ2v) is 4.14. The lowest BCUT2D eigenvalue weighted by Crippen LogP contribution is -2.24. The number of hydrogen-bond donors (Lipinski definition) is 0. The largest absolute Gasteiger partial charge is 0.370 e. The summed E-state index contributed by atoms with van der Waals surface area (Å²) in [4.78, 5) is 2.31. The molecule has 0 aliphatic heterocycles. The molecule has 0 saturated heterocycles. The third-order valence-corrected chi connectivity index (χ3v) is 3.01. The van der Waals surface area contributed by atoms with Crippen LogP contribution >= 0.6 is 11.6 Å². The van der Waals surface area contributed by atoms with Crippen LogP contribution in [-0.4, -0.2) is 19.0 Å². The lowest BCUT2D eigenvalue weighted by molar-refractivity contribution is 0.874. The fraction of sp³-hybridized carbons (Fsp3) is 0.286. The Morgan fingerprint density at radius 3 is 2.56 bits per heavy atom. The highest BCUT2D eigenvalue weighted by Gasteiger charge is 2.06. The maximum Gasteiger partial charge on any atom is 0.0446 e. The molecule has 16 heavy (non-hydrogen) atoms. The number of hydrogen-bond acceptors (Lipinski definition) is 1. The fourth-order valence-electron chi connectivity index (χ4n) is 2.03. The van der Waals surface area contributed by atoms with Gasteiger partial charge in [0.1, 0.15) is 0 Å². The maximum atomic E-state index is 5.83. The second kappa shape index (κ2) is 5.22. The molecule has 0 unspecified atom stereocenters. The summed E-state index contributed by atoms with van der Waals surface area (Å²) in [6.45, 7) is 4.04. The normalized spacial score (nSPS) is 10.6. The molecule has 1 nitrogen and oxygen atoms in total. The predicted molar refractivity (Wildman–Crippen MR) is 72.6 cm³/mol. The zero-order valence-corrected chi connectivity index (χ0v) is 10.2. The number of benzene rings is 2. The molecular weight excluding hydrogens is 218 g/mol. The van der Waals surface area contributed by atoms with Crippen LogP contribution < -0.4 is 4.90 Å². The van der Waals surface area contributed by atoms with Crippen molar-refractivity contribution in [2.45, 2.75) is 6.92 Å². The number of rotatable bonds is 4. The van der Waals surface area contributed by atoms with Gasteiger partial charge in [0.2, 0.25) is 0 Å². The predicted octanol–water partition coefficient (Wildman–Crippen LogP) is 3.90. The molecule has 84 valence electrons. The summed E-state index contributed by atoms with van der Waals surface area (Å²) >= 11 is 5.83. The zero-order valence-electron chi connectivity index (χ0n) is 9.49. The van der Waals surface area contributed by atoms with Crippen molar-refractivity contribution in [1.29, 1.82) is 0 Å². The minimum atomic E-state index is 0.664. The van der Waals surface area contributed by atoms with Crippen molar-refractivity contribution in [1.82, 2.24) is 0 Å². The first-order valence-corrected chi connectivity index (χ1v) is 6.19. The summed E-state index contributed by atoms with van der Waals surface area (Å²) < 4.78 is 0. The summed E-state index contributed by atoms with van der Waals surface area (Å²) in [5.41, 5.74) is 1.28. The number of fused-ring (bicyclic) bond motifs is 1. The van der Waals surface area contributed by atoms with Gasteiger partial charge in [0.15, 0.2) is 0 Å². The highest BCUT2D eigenvalue weighted by molar-refractivity contribution is 6.18. The summed E-state index contributed by atoms with van der Waals surface area (Å²) in [5, 5.41) is 2.59. The van der Waals surface area contributed by atoms with E-state index in [1.54, 1.807) is 0 Å². The van der Waals surface area contributed by atoms with E-state index in [1.807, 2.05) is 0 Å². The lowest BCUT2D eigenvalue weighted by Gasteiger charge is -2.23. The van der Waals surface area contributed by atoms with Gasteiger partial charge in [-0.15, -0.1) is 11.6 Å². The Labute approximate surface area is 102 Å². The van der Waals surface area contributed by atoms with Gasteiger partial charge >= 0.3 is 0 Å². The molecule has 2 aromatic carbocycles. The Bertz CT molecular complexity index is 462. The fourth-order valence-corrected chi connectivity index (χ4v) is 2.24. The molecule has 0 spiro atoms. The van der Waals surface area contributed by atoms with Crippen LogP contribution in [0, 0.1) is 0 Å². The van der Waals surface area contributed by atoms with Crippen LogP contribution in [0.25, 0.3) is 10.8 Å². The van der Waals surface area contributed by atoms with E-state index in [0.29, 0.717) is 5.88 Å². The van der Waals surface area contributed by atoms with Crippen molar-refractivity contribution in [3.05, 3.63) is 42.5 Å². The molecular formula is C14H16ClN. The standard InChI is InChI=1S/C14H16ClN/c1-2-16(11-10-15)14-9-5-7-12-6-3-4-8-13(12)14/h3-9H,2,10-11H2,1H3. The molecule has 2 aromatic rings. The molecule has 0 radical (unpaired) electrons. The highest BCUT2D eigenvalue weighted by atomic mass is 35.5. The van der Waals surface area contributed by atoms with Gasteiger partial charge in [0.05, 0.1) is 0 Å². The van der Waals surface area contributed by atoms with Crippen LogP contribution in [0.1, 0.15) is 6.92 Å².